The maximum Gasteiger partial charge on any atom is 0.224 e. The van der Waals surface area contributed by atoms with Crippen LogP contribution in [0.15, 0.2) is 35.7 Å². The Morgan fingerprint density at radius 2 is 2.14 bits per heavy atom. The molecule has 8 nitrogen and oxygen atoms in total. The van der Waals surface area contributed by atoms with Crippen LogP contribution in [0.25, 0.3) is 0 Å². The van der Waals surface area contributed by atoms with Crippen LogP contribution >= 0.6 is 0 Å². The van der Waals surface area contributed by atoms with E-state index in [4.69, 9.17) is 10.9 Å². The fourth-order valence-corrected chi connectivity index (χ4v) is 1.74. The van der Waals surface area contributed by atoms with Gasteiger partial charge in [0.2, 0.25) is 5.91 Å². The number of carbonyl (C=O) groups excluding carboxylic acids is 1. The average molecular weight is 288 g/mol. The SMILES string of the molecule is Cn1cnnc1CNC(=O)Cc1ccc(C(N)=NO)cc1. The number of hydrogen-bond acceptors (Lipinski definition) is 5. The Hall–Kier alpha value is -2.90. The molecule has 0 saturated heterocycles. The summed E-state index contributed by atoms with van der Waals surface area (Å²) in [6.45, 7) is 0.331. The van der Waals surface area contributed by atoms with E-state index in [0.29, 0.717) is 17.9 Å². The number of rotatable bonds is 5. The number of nitrogens with zero attached hydrogens (tertiary/aromatic N) is 4. The molecule has 21 heavy (non-hydrogen) atoms. The topological polar surface area (TPSA) is 118 Å². The molecule has 4 N–H and O–H groups in total. The van der Waals surface area contributed by atoms with Gasteiger partial charge in [0.15, 0.2) is 11.7 Å². The third-order valence-corrected chi connectivity index (χ3v) is 2.97. The van der Waals surface area contributed by atoms with Crippen LogP contribution in [0.3, 0.4) is 0 Å². The van der Waals surface area contributed by atoms with Crippen LogP contribution in [0.5, 0.6) is 0 Å². The zero-order valence-electron chi connectivity index (χ0n) is 11.5. The van der Waals surface area contributed by atoms with Crippen molar-refractivity contribution in [2.75, 3.05) is 0 Å². The fourth-order valence-electron chi connectivity index (χ4n) is 1.74. The molecule has 0 aliphatic heterocycles. The lowest BCUT2D eigenvalue weighted by molar-refractivity contribution is -0.120. The van der Waals surface area contributed by atoms with Gasteiger partial charge in [0.05, 0.1) is 13.0 Å². The number of hydrogen-bond donors (Lipinski definition) is 3. The number of oxime groups is 1. The van der Waals surface area contributed by atoms with Crippen molar-refractivity contribution >= 4 is 11.7 Å². The Morgan fingerprint density at radius 1 is 1.43 bits per heavy atom. The van der Waals surface area contributed by atoms with Crippen LogP contribution in [0, 0.1) is 0 Å². The Labute approximate surface area is 121 Å². The molecular weight excluding hydrogens is 272 g/mol. The minimum Gasteiger partial charge on any atom is -0.409 e. The second-order valence-electron chi connectivity index (χ2n) is 4.49. The Morgan fingerprint density at radius 3 is 2.71 bits per heavy atom. The molecule has 0 saturated carbocycles. The summed E-state index contributed by atoms with van der Waals surface area (Å²) in [4.78, 5) is 11.8. The number of aromatic nitrogens is 3. The molecule has 0 aliphatic carbocycles. The van der Waals surface area contributed by atoms with Crippen molar-refractivity contribution in [2.45, 2.75) is 13.0 Å². The average Bonchev–Trinajstić information content (AvgIpc) is 2.90. The van der Waals surface area contributed by atoms with Crippen LogP contribution < -0.4 is 11.1 Å². The van der Waals surface area contributed by atoms with E-state index in [2.05, 4.69) is 20.7 Å². The minimum atomic E-state index is -0.116. The van der Waals surface area contributed by atoms with Gasteiger partial charge in [-0.15, -0.1) is 10.2 Å². The molecule has 0 fully saturated rings. The molecule has 0 spiro atoms. The Kier molecular flexibility index (Phi) is 4.50. The number of amides is 1. The zero-order chi connectivity index (χ0) is 15.2. The van der Waals surface area contributed by atoms with Gasteiger partial charge in [0, 0.05) is 12.6 Å². The second kappa shape index (κ2) is 6.51. The summed E-state index contributed by atoms with van der Waals surface area (Å²) in [5, 5.41) is 21.9. The number of carbonyl (C=O) groups is 1. The Balaban J connectivity index is 1.89. The second-order valence-corrected chi connectivity index (χ2v) is 4.49. The van der Waals surface area contributed by atoms with E-state index in [1.165, 1.54) is 0 Å². The third kappa shape index (κ3) is 3.78. The van der Waals surface area contributed by atoms with Crippen LogP contribution in [-0.4, -0.2) is 31.7 Å². The van der Waals surface area contributed by atoms with Gasteiger partial charge < -0.3 is 20.8 Å². The molecule has 8 heteroatoms. The lowest BCUT2D eigenvalue weighted by Gasteiger charge is -2.05. The summed E-state index contributed by atoms with van der Waals surface area (Å²) in [6, 6.07) is 6.91. The molecule has 0 atom stereocenters. The van der Waals surface area contributed by atoms with Gasteiger partial charge in [0.25, 0.3) is 0 Å². The quantitative estimate of drug-likeness (QED) is 0.304. The van der Waals surface area contributed by atoms with E-state index in [0.717, 1.165) is 5.56 Å². The number of benzene rings is 1. The van der Waals surface area contributed by atoms with Crippen molar-refractivity contribution in [3.8, 4) is 0 Å². The van der Waals surface area contributed by atoms with E-state index in [9.17, 15) is 4.79 Å². The van der Waals surface area contributed by atoms with Gasteiger partial charge >= 0.3 is 0 Å². The van der Waals surface area contributed by atoms with Crippen LogP contribution in [0.1, 0.15) is 17.0 Å². The van der Waals surface area contributed by atoms with Gasteiger partial charge in [-0.2, -0.15) is 0 Å². The zero-order valence-corrected chi connectivity index (χ0v) is 11.5. The fraction of sp³-hybridized carbons (Fsp3) is 0.231. The number of amidine groups is 1. The van der Waals surface area contributed by atoms with Crippen molar-refractivity contribution in [3.05, 3.63) is 47.5 Å². The van der Waals surface area contributed by atoms with Crippen LogP contribution in [-0.2, 0) is 24.8 Å². The van der Waals surface area contributed by atoms with E-state index < -0.39 is 0 Å². The summed E-state index contributed by atoms with van der Waals surface area (Å²) in [5.74, 6) is 0.605. The monoisotopic (exact) mass is 288 g/mol. The lowest BCUT2D eigenvalue weighted by atomic mass is 10.1. The van der Waals surface area contributed by atoms with Gasteiger partial charge in [-0.1, -0.05) is 29.4 Å². The largest absolute Gasteiger partial charge is 0.409 e. The summed E-state index contributed by atoms with van der Waals surface area (Å²) >= 11 is 0. The molecule has 110 valence electrons. The highest BCUT2D eigenvalue weighted by Gasteiger charge is 2.06. The van der Waals surface area contributed by atoms with E-state index in [1.54, 1.807) is 35.2 Å². The van der Waals surface area contributed by atoms with E-state index in [-0.39, 0.29) is 18.2 Å². The maximum atomic E-state index is 11.8. The molecule has 0 radical (unpaired) electrons. The van der Waals surface area contributed by atoms with E-state index >= 15 is 0 Å². The van der Waals surface area contributed by atoms with Gasteiger partial charge in [0.1, 0.15) is 6.33 Å². The standard InChI is InChI=1S/C13H16N6O2/c1-19-8-16-17-11(19)7-15-12(20)6-9-2-4-10(5-3-9)13(14)18-21/h2-5,8,21H,6-7H2,1H3,(H2,14,18)(H,15,20). The molecule has 0 bridgehead atoms. The smallest absolute Gasteiger partial charge is 0.224 e. The number of nitrogens with two attached hydrogens (primary N) is 1. The molecule has 0 aliphatic rings. The number of aryl methyl sites for hydroxylation is 1. The summed E-state index contributed by atoms with van der Waals surface area (Å²) < 4.78 is 1.74. The molecule has 2 rings (SSSR count). The van der Waals surface area contributed by atoms with Gasteiger partial charge in [-0.3, -0.25) is 4.79 Å². The lowest BCUT2D eigenvalue weighted by Crippen LogP contribution is -2.26. The van der Waals surface area contributed by atoms with Crippen LogP contribution in [0.4, 0.5) is 0 Å². The first-order valence-electron chi connectivity index (χ1n) is 6.26. The molecule has 0 unspecified atom stereocenters. The van der Waals surface area contributed by atoms with Crippen LogP contribution in [0.2, 0.25) is 0 Å². The first-order valence-corrected chi connectivity index (χ1v) is 6.26. The molecule has 1 heterocycles. The normalized spacial score (nSPS) is 11.4. The van der Waals surface area contributed by atoms with Gasteiger partial charge in [-0.05, 0) is 5.56 Å². The Bertz CT molecular complexity index is 647. The minimum absolute atomic E-state index is 0.0354. The van der Waals surface area contributed by atoms with E-state index in [1.807, 2.05) is 7.05 Å². The van der Waals surface area contributed by atoms with Crippen molar-refractivity contribution in [3.63, 3.8) is 0 Å². The molecule has 1 aromatic heterocycles. The maximum absolute atomic E-state index is 11.8. The summed E-state index contributed by atoms with van der Waals surface area (Å²) in [6.07, 6.45) is 1.82. The third-order valence-electron chi connectivity index (χ3n) is 2.97. The number of nitrogens with one attached hydrogen (secondary N) is 1. The highest BCUT2D eigenvalue weighted by Crippen LogP contribution is 2.05. The van der Waals surface area contributed by atoms with Crippen molar-refractivity contribution < 1.29 is 10.0 Å². The van der Waals surface area contributed by atoms with Gasteiger partial charge in [-0.25, -0.2) is 0 Å². The molecular formula is C13H16N6O2. The summed E-state index contributed by atoms with van der Waals surface area (Å²) in [5.41, 5.74) is 6.90. The highest BCUT2D eigenvalue weighted by molar-refractivity contribution is 5.97. The first-order chi connectivity index (χ1) is 10.1. The highest BCUT2D eigenvalue weighted by atomic mass is 16.4. The van der Waals surface area contributed by atoms with Crippen molar-refractivity contribution in [2.24, 2.45) is 17.9 Å². The first kappa shape index (κ1) is 14.5. The predicted octanol–water partition coefficient (Wildman–Crippen LogP) is -0.231. The predicted molar refractivity (Wildman–Crippen MR) is 75.5 cm³/mol. The molecule has 1 aromatic carbocycles. The van der Waals surface area contributed by atoms with Crippen molar-refractivity contribution in [1.82, 2.24) is 20.1 Å². The molecule has 1 amide bonds. The van der Waals surface area contributed by atoms with Crippen molar-refractivity contribution in [1.29, 1.82) is 0 Å². The molecule has 2 aromatic rings. The summed E-state index contributed by atoms with van der Waals surface area (Å²) in [7, 11) is 1.81.